The Kier molecular flexibility index (Phi) is 10.2. The number of aryl methyl sites for hydroxylation is 1. The summed E-state index contributed by atoms with van der Waals surface area (Å²) in [5.41, 5.74) is 1.48. The topological polar surface area (TPSA) is 0 Å². The van der Waals surface area contributed by atoms with E-state index in [0.29, 0.717) is 0 Å². The van der Waals surface area contributed by atoms with Crippen molar-refractivity contribution in [3.63, 3.8) is 0 Å². The van der Waals surface area contributed by atoms with Crippen molar-refractivity contribution in [2.24, 2.45) is 5.92 Å². The van der Waals surface area contributed by atoms with E-state index in [1.807, 2.05) is 0 Å². The van der Waals surface area contributed by atoms with Gasteiger partial charge in [0.15, 0.2) is 0 Å². The third kappa shape index (κ3) is 8.52. The van der Waals surface area contributed by atoms with Gasteiger partial charge in [0.05, 0.1) is 0 Å². The van der Waals surface area contributed by atoms with E-state index in [1.54, 1.807) is 0 Å². The molecule has 1 rings (SSSR count). The number of rotatable bonds is 5. The smallest absolute Gasteiger partial charge is 0.0276 e. The minimum Gasteiger partial charge on any atom is -0.0656 e. The highest BCUT2D eigenvalue weighted by atomic mass is 14.1. The van der Waals surface area contributed by atoms with Crippen molar-refractivity contribution >= 4 is 0 Å². The quantitative estimate of drug-likeness (QED) is 0.617. The summed E-state index contributed by atoms with van der Waals surface area (Å²) in [5, 5.41) is 0. The Hall–Kier alpha value is -0.780. The highest BCUT2D eigenvalue weighted by Gasteiger charge is 2.00. The SMILES string of the molecule is CCC.CCCC(C)CCc1ccccc1. The van der Waals surface area contributed by atoms with E-state index in [1.165, 1.54) is 37.7 Å². The van der Waals surface area contributed by atoms with Crippen LogP contribution in [0.15, 0.2) is 30.3 Å². The maximum Gasteiger partial charge on any atom is -0.0276 e. The van der Waals surface area contributed by atoms with Crippen molar-refractivity contribution < 1.29 is 0 Å². The van der Waals surface area contributed by atoms with E-state index in [2.05, 4.69) is 58.0 Å². The first-order chi connectivity index (χ1) is 7.74. The minimum atomic E-state index is 0.880. The first kappa shape index (κ1) is 15.2. The second-order valence-electron chi connectivity index (χ2n) is 4.63. The van der Waals surface area contributed by atoms with Gasteiger partial charge in [0.1, 0.15) is 0 Å². The summed E-state index contributed by atoms with van der Waals surface area (Å²) in [6, 6.07) is 10.8. The van der Waals surface area contributed by atoms with Gasteiger partial charge in [0, 0.05) is 0 Å². The number of hydrogen-bond donors (Lipinski definition) is 0. The fourth-order valence-corrected chi connectivity index (χ4v) is 1.69. The summed E-state index contributed by atoms with van der Waals surface area (Å²) >= 11 is 0. The van der Waals surface area contributed by atoms with Gasteiger partial charge in [-0.1, -0.05) is 77.3 Å². The Morgan fingerprint density at radius 1 is 0.938 bits per heavy atom. The van der Waals surface area contributed by atoms with Crippen LogP contribution in [-0.4, -0.2) is 0 Å². The summed E-state index contributed by atoms with van der Waals surface area (Å²) in [6.45, 7) is 8.87. The predicted octanol–water partition coefficient (Wildman–Crippen LogP) is 5.47. The minimum absolute atomic E-state index is 0.880. The first-order valence-electron chi connectivity index (χ1n) is 6.78. The summed E-state index contributed by atoms with van der Waals surface area (Å²) in [7, 11) is 0. The Bertz CT molecular complexity index is 225. The molecule has 0 nitrogen and oxygen atoms in total. The first-order valence-corrected chi connectivity index (χ1v) is 6.78. The zero-order valence-corrected chi connectivity index (χ0v) is 11.5. The second-order valence-corrected chi connectivity index (χ2v) is 4.63. The van der Waals surface area contributed by atoms with Gasteiger partial charge in [-0.2, -0.15) is 0 Å². The molecular formula is C16H28. The molecule has 0 aromatic heterocycles. The zero-order chi connectivity index (χ0) is 12.2. The lowest BCUT2D eigenvalue weighted by Gasteiger charge is -2.09. The summed E-state index contributed by atoms with van der Waals surface area (Å²) in [6.07, 6.45) is 6.50. The second kappa shape index (κ2) is 10.7. The Labute approximate surface area is 102 Å². The van der Waals surface area contributed by atoms with Crippen molar-refractivity contribution in [3.05, 3.63) is 35.9 Å². The molecule has 0 saturated carbocycles. The Morgan fingerprint density at radius 2 is 1.50 bits per heavy atom. The fraction of sp³-hybridized carbons (Fsp3) is 0.625. The van der Waals surface area contributed by atoms with E-state index >= 15 is 0 Å². The molecule has 0 aliphatic carbocycles. The monoisotopic (exact) mass is 220 g/mol. The van der Waals surface area contributed by atoms with Crippen LogP contribution in [0.3, 0.4) is 0 Å². The molecule has 1 atom stereocenters. The average molecular weight is 220 g/mol. The lowest BCUT2D eigenvalue weighted by Crippen LogP contribution is -1.96. The third-order valence-electron chi connectivity index (χ3n) is 2.55. The molecule has 0 aliphatic rings. The van der Waals surface area contributed by atoms with Crippen molar-refractivity contribution in [1.29, 1.82) is 0 Å². The molecular weight excluding hydrogens is 192 g/mol. The molecule has 0 N–H and O–H groups in total. The van der Waals surface area contributed by atoms with E-state index in [4.69, 9.17) is 0 Å². The molecule has 1 aromatic carbocycles. The highest BCUT2D eigenvalue weighted by Crippen LogP contribution is 2.13. The Morgan fingerprint density at radius 3 is 2.00 bits per heavy atom. The van der Waals surface area contributed by atoms with E-state index in [9.17, 15) is 0 Å². The highest BCUT2D eigenvalue weighted by molar-refractivity contribution is 5.14. The fourth-order valence-electron chi connectivity index (χ4n) is 1.69. The van der Waals surface area contributed by atoms with Gasteiger partial charge >= 0.3 is 0 Å². The molecule has 1 aromatic rings. The number of benzene rings is 1. The average Bonchev–Trinajstić information content (AvgIpc) is 2.29. The molecule has 0 spiro atoms. The van der Waals surface area contributed by atoms with Crippen LogP contribution >= 0.6 is 0 Å². The van der Waals surface area contributed by atoms with Crippen molar-refractivity contribution in [3.8, 4) is 0 Å². The normalized spacial score (nSPS) is 11.5. The van der Waals surface area contributed by atoms with Gasteiger partial charge < -0.3 is 0 Å². The lowest BCUT2D eigenvalue weighted by atomic mass is 9.97. The maximum atomic E-state index is 2.35. The molecule has 0 bridgehead atoms. The largest absolute Gasteiger partial charge is 0.0656 e. The summed E-state index contributed by atoms with van der Waals surface area (Å²) < 4.78 is 0. The van der Waals surface area contributed by atoms with E-state index < -0.39 is 0 Å². The zero-order valence-electron chi connectivity index (χ0n) is 11.5. The van der Waals surface area contributed by atoms with Crippen molar-refractivity contribution in [2.75, 3.05) is 0 Å². The third-order valence-corrected chi connectivity index (χ3v) is 2.55. The molecule has 0 heterocycles. The van der Waals surface area contributed by atoms with Crippen LogP contribution in [0.4, 0.5) is 0 Å². The van der Waals surface area contributed by atoms with E-state index in [-0.39, 0.29) is 0 Å². The van der Waals surface area contributed by atoms with Crippen LogP contribution in [0.5, 0.6) is 0 Å². The van der Waals surface area contributed by atoms with Crippen LogP contribution in [-0.2, 0) is 6.42 Å². The van der Waals surface area contributed by atoms with Gasteiger partial charge in [-0.05, 0) is 24.3 Å². The van der Waals surface area contributed by atoms with Crippen LogP contribution in [0.2, 0.25) is 0 Å². The van der Waals surface area contributed by atoms with Crippen molar-refractivity contribution in [1.82, 2.24) is 0 Å². The molecule has 0 fully saturated rings. The van der Waals surface area contributed by atoms with Gasteiger partial charge in [-0.3, -0.25) is 0 Å². The van der Waals surface area contributed by atoms with Crippen LogP contribution in [0.1, 0.15) is 58.9 Å². The molecule has 92 valence electrons. The van der Waals surface area contributed by atoms with Gasteiger partial charge in [-0.15, -0.1) is 0 Å². The van der Waals surface area contributed by atoms with Gasteiger partial charge in [0.25, 0.3) is 0 Å². The van der Waals surface area contributed by atoms with Crippen LogP contribution in [0, 0.1) is 5.92 Å². The van der Waals surface area contributed by atoms with Gasteiger partial charge in [-0.25, -0.2) is 0 Å². The van der Waals surface area contributed by atoms with E-state index in [0.717, 1.165) is 5.92 Å². The maximum absolute atomic E-state index is 2.35. The molecule has 0 amide bonds. The van der Waals surface area contributed by atoms with Crippen molar-refractivity contribution in [2.45, 2.75) is 59.8 Å². The van der Waals surface area contributed by atoms with Crippen LogP contribution < -0.4 is 0 Å². The molecule has 0 saturated heterocycles. The predicted molar refractivity (Wildman–Crippen MR) is 74.8 cm³/mol. The Balaban J connectivity index is 0.000000673. The molecule has 0 heteroatoms. The molecule has 1 unspecified atom stereocenters. The molecule has 0 radical (unpaired) electrons. The van der Waals surface area contributed by atoms with Crippen LogP contribution in [0.25, 0.3) is 0 Å². The van der Waals surface area contributed by atoms with Gasteiger partial charge in [0.2, 0.25) is 0 Å². The lowest BCUT2D eigenvalue weighted by molar-refractivity contribution is 0.486. The standard InChI is InChI=1S/C13H20.C3H8/c1-3-7-12(2)10-11-13-8-5-4-6-9-13;1-3-2/h4-6,8-9,12H,3,7,10-11H2,1-2H3;3H2,1-2H3. The molecule has 0 aliphatic heterocycles. The summed E-state index contributed by atoms with van der Waals surface area (Å²) in [4.78, 5) is 0. The molecule has 16 heavy (non-hydrogen) atoms. The number of hydrogen-bond acceptors (Lipinski definition) is 0. The summed E-state index contributed by atoms with van der Waals surface area (Å²) in [5.74, 6) is 0.880.